The van der Waals surface area contributed by atoms with Gasteiger partial charge in [0.15, 0.2) is 0 Å². The maximum absolute atomic E-state index is 5.59. The number of hydrogen-bond acceptors (Lipinski definition) is 5. The summed E-state index contributed by atoms with van der Waals surface area (Å²) < 4.78 is 5.59. The van der Waals surface area contributed by atoms with Crippen molar-refractivity contribution in [2.45, 2.75) is 52.3 Å². The van der Waals surface area contributed by atoms with E-state index in [1.165, 1.54) is 16.8 Å². The molecule has 1 saturated heterocycles. The number of aromatic nitrogens is 3. The van der Waals surface area contributed by atoms with Crippen LogP contribution in [0.3, 0.4) is 0 Å². The summed E-state index contributed by atoms with van der Waals surface area (Å²) in [6.45, 7) is 12.9. The molecule has 1 aliphatic heterocycles. The van der Waals surface area contributed by atoms with Crippen molar-refractivity contribution in [2.75, 3.05) is 24.6 Å². The van der Waals surface area contributed by atoms with Gasteiger partial charge in [-0.3, -0.25) is 5.10 Å². The lowest BCUT2D eigenvalue weighted by Gasteiger charge is -2.32. The van der Waals surface area contributed by atoms with Gasteiger partial charge in [-0.25, -0.2) is 4.98 Å². The first kappa shape index (κ1) is 20.7. The fourth-order valence-corrected chi connectivity index (χ4v) is 3.17. The number of rotatable bonds is 5. The Labute approximate surface area is 162 Å². The first-order chi connectivity index (χ1) is 11.9. The summed E-state index contributed by atoms with van der Waals surface area (Å²) in [4.78, 5) is 6.91. The largest absolute Gasteiger partial charge is 0.375 e. The SMILES string of the molecule is CC1CN(c2ccc(CNCc3cn[nH]c3C(C)(C)C)cn2)CCO1.Cl. The average Bonchev–Trinajstić information content (AvgIpc) is 3.04. The fourth-order valence-electron chi connectivity index (χ4n) is 3.17. The normalized spacial score (nSPS) is 17.8. The van der Waals surface area contributed by atoms with Gasteiger partial charge in [0.2, 0.25) is 0 Å². The number of pyridine rings is 1. The topological polar surface area (TPSA) is 66.1 Å². The Morgan fingerprint density at radius 3 is 2.73 bits per heavy atom. The molecule has 0 amide bonds. The molecule has 3 rings (SSSR count). The second kappa shape index (κ2) is 8.84. The van der Waals surface area contributed by atoms with Crippen LogP contribution in [0.4, 0.5) is 5.82 Å². The van der Waals surface area contributed by atoms with Gasteiger partial charge in [0, 0.05) is 49.0 Å². The van der Waals surface area contributed by atoms with Crippen LogP contribution in [0.1, 0.15) is 44.5 Å². The van der Waals surface area contributed by atoms with Crippen LogP contribution in [-0.4, -0.2) is 41.0 Å². The van der Waals surface area contributed by atoms with Crippen LogP contribution < -0.4 is 10.2 Å². The molecular weight excluding hydrogens is 350 g/mol. The van der Waals surface area contributed by atoms with E-state index in [9.17, 15) is 0 Å². The molecule has 26 heavy (non-hydrogen) atoms. The zero-order chi connectivity index (χ0) is 17.9. The molecule has 2 aromatic heterocycles. The molecule has 1 fully saturated rings. The molecule has 2 aromatic rings. The van der Waals surface area contributed by atoms with Crippen molar-refractivity contribution in [1.29, 1.82) is 0 Å². The highest BCUT2D eigenvalue weighted by Gasteiger charge is 2.20. The maximum Gasteiger partial charge on any atom is 0.128 e. The first-order valence-corrected chi connectivity index (χ1v) is 8.98. The fraction of sp³-hybridized carbons (Fsp3) is 0.579. The third-order valence-electron chi connectivity index (χ3n) is 4.49. The first-order valence-electron chi connectivity index (χ1n) is 8.98. The number of halogens is 1. The Balaban J connectivity index is 0.00000243. The molecule has 2 N–H and O–H groups in total. The van der Waals surface area contributed by atoms with Crippen LogP contribution in [-0.2, 0) is 23.2 Å². The van der Waals surface area contributed by atoms with Crippen LogP contribution in [0.25, 0.3) is 0 Å². The van der Waals surface area contributed by atoms with E-state index in [1.54, 1.807) is 0 Å². The number of morpholine rings is 1. The molecule has 0 spiro atoms. The molecule has 144 valence electrons. The highest BCUT2D eigenvalue weighted by molar-refractivity contribution is 5.85. The summed E-state index contributed by atoms with van der Waals surface area (Å²) in [5, 5.41) is 10.8. The highest BCUT2D eigenvalue weighted by Crippen LogP contribution is 2.23. The second-order valence-electron chi connectivity index (χ2n) is 7.78. The summed E-state index contributed by atoms with van der Waals surface area (Å²) >= 11 is 0. The zero-order valence-corrected chi connectivity index (χ0v) is 16.9. The van der Waals surface area contributed by atoms with E-state index < -0.39 is 0 Å². The quantitative estimate of drug-likeness (QED) is 0.835. The summed E-state index contributed by atoms with van der Waals surface area (Å²) in [6, 6.07) is 4.25. The molecule has 0 aliphatic carbocycles. The average molecular weight is 380 g/mol. The Hall–Kier alpha value is -1.63. The van der Waals surface area contributed by atoms with Crippen LogP contribution in [0.15, 0.2) is 24.5 Å². The van der Waals surface area contributed by atoms with Crippen molar-refractivity contribution in [3.05, 3.63) is 41.3 Å². The smallest absolute Gasteiger partial charge is 0.128 e. The van der Waals surface area contributed by atoms with Gasteiger partial charge in [0.05, 0.1) is 18.9 Å². The number of H-pyrrole nitrogens is 1. The van der Waals surface area contributed by atoms with Crippen molar-refractivity contribution < 1.29 is 4.74 Å². The predicted molar refractivity (Wildman–Crippen MR) is 107 cm³/mol. The van der Waals surface area contributed by atoms with Crippen molar-refractivity contribution >= 4 is 18.2 Å². The molecule has 1 aliphatic rings. The van der Waals surface area contributed by atoms with E-state index in [-0.39, 0.29) is 23.9 Å². The second-order valence-corrected chi connectivity index (χ2v) is 7.78. The molecule has 3 heterocycles. The maximum atomic E-state index is 5.59. The number of aromatic amines is 1. The summed E-state index contributed by atoms with van der Waals surface area (Å²) in [7, 11) is 0. The molecule has 6 nitrogen and oxygen atoms in total. The summed E-state index contributed by atoms with van der Waals surface area (Å²) in [5.74, 6) is 1.03. The predicted octanol–water partition coefficient (Wildman–Crippen LogP) is 3.04. The van der Waals surface area contributed by atoms with Gasteiger partial charge >= 0.3 is 0 Å². The lowest BCUT2D eigenvalue weighted by atomic mass is 9.89. The van der Waals surface area contributed by atoms with E-state index in [0.717, 1.165) is 38.6 Å². The van der Waals surface area contributed by atoms with Crippen molar-refractivity contribution in [3.63, 3.8) is 0 Å². The number of nitrogens with zero attached hydrogens (tertiary/aromatic N) is 3. The van der Waals surface area contributed by atoms with E-state index in [0.29, 0.717) is 0 Å². The van der Waals surface area contributed by atoms with E-state index in [4.69, 9.17) is 4.74 Å². The van der Waals surface area contributed by atoms with Crippen LogP contribution >= 0.6 is 12.4 Å². The van der Waals surface area contributed by atoms with Crippen LogP contribution in [0, 0.1) is 0 Å². The number of anilines is 1. The Kier molecular flexibility index (Phi) is 7.03. The van der Waals surface area contributed by atoms with Gasteiger partial charge in [-0.2, -0.15) is 5.10 Å². The van der Waals surface area contributed by atoms with Crippen molar-refractivity contribution in [1.82, 2.24) is 20.5 Å². The van der Waals surface area contributed by atoms with E-state index >= 15 is 0 Å². The van der Waals surface area contributed by atoms with Gasteiger partial charge in [-0.15, -0.1) is 12.4 Å². The standard InChI is InChI=1S/C19H29N5O.ClH/c1-14-13-24(7-8-25-14)17-6-5-15(10-21-17)9-20-11-16-12-22-23-18(16)19(2,3)4;/h5-6,10,12,14,20H,7-9,11,13H2,1-4H3,(H,22,23);1H. The Morgan fingerprint density at radius 2 is 2.08 bits per heavy atom. The Bertz CT molecular complexity index is 680. The zero-order valence-electron chi connectivity index (χ0n) is 16.1. The van der Waals surface area contributed by atoms with Crippen molar-refractivity contribution in [3.8, 4) is 0 Å². The summed E-state index contributed by atoms with van der Waals surface area (Å²) in [5.41, 5.74) is 3.67. The van der Waals surface area contributed by atoms with Gasteiger partial charge in [-0.05, 0) is 18.6 Å². The molecule has 7 heteroatoms. The lowest BCUT2D eigenvalue weighted by molar-refractivity contribution is 0.0529. The van der Waals surface area contributed by atoms with E-state index in [2.05, 4.69) is 65.2 Å². The molecule has 0 saturated carbocycles. The number of hydrogen-bond donors (Lipinski definition) is 2. The molecule has 0 radical (unpaired) electrons. The minimum Gasteiger partial charge on any atom is -0.375 e. The number of ether oxygens (including phenoxy) is 1. The van der Waals surface area contributed by atoms with Gasteiger partial charge < -0.3 is 15.0 Å². The summed E-state index contributed by atoms with van der Waals surface area (Å²) in [6.07, 6.45) is 4.14. The third-order valence-corrected chi connectivity index (χ3v) is 4.49. The van der Waals surface area contributed by atoms with E-state index in [1.807, 2.05) is 12.4 Å². The molecule has 1 unspecified atom stereocenters. The number of nitrogens with one attached hydrogen (secondary N) is 2. The Morgan fingerprint density at radius 1 is 1.27 bits per heavy atom. The highest BCUT2D eigenvalue weighted by atomic mass is 35.5. The minimum atomic E-state index is 0. The van der Waals surface area contributed by atoms with Crippen LogP contribution in [0.5, 0.6) is 0 Å². The van der Waals surface area contributed by atoms with Crippen molar-refractivity contribution in [2.24, 2.45) is 0 Å². The third kappa shape index (κ3) is 5.19. The van der Waals surface area contributed by atoms with Gasteiger partial charge in [0.25, 0.3) is 0 Å². The van der Waals surface area contributed by atoms with Crippen LogP contribution in [0.2, 0.25) is 0 Å². The van der Waals surface area contributed by atoms with Gasteiger partial charge in [0.1, 0.15) is 5.82 Å². The minimum absolute atomic E-state index is 0. The molecular formula is C19H30ClN5O. The molecule has 1 atom stereocenters. The lowest BCUT2D eigenvalue weighted by Crippen LogP contribution is -2.41. The monoisotopic (exact) mass is 379 g/mol. The molecule has 0 aromatic carbocycles. The molecule has 0 bridgehead atoms. The van der Waals surface area contributed by atoms with Gasteiger partial charge in [-0.1, -0.05) is 26.8 Å².